The molecule has 1 saturated heterocycles. The van der Waals surface area contributed by atoms with E-state index >= 15 is 0 Å². The molecule has 1 spiro atoms. The van der Waals surface area contributed by atoms with Crippen LogP contribution in [0.15, 0.2) is 30.3 Å². The fraction of sp³-hybridized carbons (Fsp3) is 0.650. The predicted molar refractivity (Wildman–Crippen MR) is 102 cm³/mol. The van der Waals surface area contributed by atoms with Gasteiger partial charge in [0.25, 0.3) is 0 Å². The molecule has 3 fully saturated rings. The third-order valence-electron chi connectivity index (χ3n) is 6.79. The van der Waals surface area contributed by atoms with E-state index in [9.17, 15) is 9.00 Å². The molecule has 1 aromatic carbocycles. The molecular formula is C20H28N2O3S. The van der Waals surface area contributed by atoms with Gasteiger partial charge in [0, 0.05) is 25.7 Å². The van der Waals surface area contributed by atoms with Gasteiger partial charge < -0.3 is 9.64 Å². The number of benzene rings is 1. The maximum absolute atomic E-state index is 12.8. The van der Waals surface area contributed by atoms with Gasteiger partial charge in [-0.05, 0) is 49.5 Å². The molecule has 2 saturated carbocycles. The van der Waals surface area contributed by atoms with E-state index in [0.717, 1.165) is 25.9 Å². The maximum Gasteiger partial charge on any atom is 0.409 e. The topological polar surface area (TPSA) is 49.9 Å². The summed E-state index contributed by atoms with van der Waals surface area (Å²) in [4.78, 5) is 13.4. The summed E-state index contributed by atoms with van der Waals surface area (Å²) in [5.74, 6) is 0.674. The van der Waals surface area contributed by atoms with E-state index in [1.807, 2.05) is 6.92 Å². The van der Waals surface area contributed by atoms with Crippen LogP contribution in [0.5, 0.6) is 0 Å². The molecular weight excluding hydrogens is 348 g/mol. The summed E-state index contributed by atoms with van der Waals surface area (Å²) in [5.41, 5.74) is 1.61. The summed E-state index contributed by atoms with van der Waals surface area (Å²) in [6, 6.07) is 10.7. The van der Waals surface area contributed by atoms with Crippen molar-refractivity contribution in [1.82, 2.24) is 9.21 Å². The van der Waals surface area contributed by atoms with Crippen molar-refractivity contribution < 1.29 is 13.7 Å². The van der Waals surface area contributed by atoms with Crippen molar-refractivity contribution >= 4 is 17.1 Å². The van der Waals surface area contributed by atoms with Crippen LogP contribution in [0.1, 0.15) is 44.1 Å². The molecule has 1 aliphatic heterocycles. The molecule has 6 heteroatoms. The summed E-state index contributed by atoms with van der Waals surface area (Å²) in [5, 5.41) is 0.162. The highest BCUT2D eigenvalue weighted by Crippen LogP contribution is 2.57. The van der Waals surface area contributed by atoms with Crippen molar-refractivity contribution in [1.29, 1.82) is 0 Å². The molecule has 1 aromatic rings. The van der Waals surface area contributed by atoms with E-state index in [-0.39, 0.29) is 16.9 Å². The van der Waals surface area contributed by atoms with E-state index in [0.29, 0.717) is 11.3 Å². The van der Waals surface area contributed by atoms with Crippen LogP contribution in [-0.4, -0.2) is 57.5 Å². The summed E-state index contributed by atoms with van der Waals surface area (Å²) in [6.07, 6.45) is 3.68. The largest absolute Gasteiger partial charge is 0.453 e. The van der Waals surface area contributed by atoms with Crippen LogP contribution in [0, 0.1) is 5.41 Å². The van der Waals surface area contributed by atoms with E-state index in [1.54, 1.807) is 11.9 Å². The third-order valence-corrected chi connectivity index (χ3v) is 8.46. The fourth-order valence-corrected chi connectivity index (χ4v) is 7.17. The number of carbonyl (C=O) groups is 1. The zero-order chi connectivity index (χ0) is 18.5. The van der Waals surface area contributed by atoms with E-state index in [2.05, 4.69) is 34.6 Å². The monoisotopic (exact) mass is 376 g/mol. The van der Waals surface area contributed by atoms with Gasteiger partial charge >= 0.3 is 6.09 Å². The number of carbonyl (C=O) groups excluding carboxylic acids is 1. The van der Waals surface area contributed by atoms with Gasteiger partial charge in [-0.3, -0.25) is 0 Å². The molecule has 5 nitrogen and oxygen atoms in total. The Morgan fingerprint density at radius 1 is 1.19 bits per heavy atom. The standard InChI is InChI=1S/C20H28N2O3S/c1-19(21(2)18(23)25-3)11-17(12-19)26(24)22-13-20(14-22)9-16(10-20)15-7-5-4-6-8-15/h4-8,16-17H,9-14H2,1-3H3. The first kappa shape index (κ1) is 18.0. The normalized spacial score (nSPS) is 31.4. The van der Waals surface area contributed by atoms with Crippen molar-refractivity contribution in [3.8, 4) is 0 Å². The SMILES string of the molecule is COC(=O)N(C)C1(C)CC(S(=O)N2CC3(CC(c4ccccc4)C3)C2)C1. The van der Waals surface area contributed by atoms with Crippen molar-refractivity contribution in [3.05, 3.63) is 35.9 Å². The lowest BCUT2D eigenvalue weighted by Crippen LogP contribution is -2.66. The quantitative estimate of drug-likeness (QED) is 0.811. The van der Waals surface area contributed by atoms with Gasteiger partial charge in [-0.15, -0.1) is 0 Å². The lowest BCUT2D eigenvalue weighted by Gasteiger charge is -2.60. The highest BCUT2D eigenvalue weighted by Gasteiger charge is 2.56. The molecule has 26 heavy (non-hydrogen) atoms. The highest BCUT2D eigenvalue weighted by molar-refractivity contribution is 7.83. The van der Waals surface area contributed by atoms with Gasteiger partial charge in [0.1, 0.15) is 0 Å². The van der Waals surface area contributed by atoms with Crippen molar-refractivity contribution in [3.63, 3.8) is 0 Å². The number of hydrogen-bond donors (Lipinski definition) is 0. The highest BCUT2D eigenvalue weighted by atomic mass is 32.2. The number of nitrogens with zero attached hydrogens (tertiary/aromatic N) is 2. The van der Waals surface area contributed by atoms with Crippen molar-refractivity contribution in [2.45, 2.75) is 49.3 Å². The molecule has 1 unspecified atom stereocenters. The Morgan fingerprint density at radius 3 is 2.38 bits per heavy atom. The average molecular weight is 377 g/mol. The van der Waals surface area contributed by atoms with Crippen LogP contribution >= 0.6 is 0 Å². The van der Waals surface area contributed by atoms with Gasteiger partial charge in [0.15, 0.2) is 0 Å². The smallest absolute Gasteiger partial charge is 0.409 e. The fourth-order valence-electron chi connectivity index (χ4n) is 4.94. The summed E-state index contributed by atoms with van der Waals surface area (Å²) in [7, 11) is 2.24. The van der Waals surface area contributed by atoms with Crippen LogP contribution in [-0.2, 0) is 15.7 Å². The van der Waals surface area contributed by atoms with Gasteiger partial charge in [-0.2, -0.15) is 0 Å². The lowest BCUT2D eigenvalue weighted by molar-refractivity contribution is -0.0250. The molecule has 4 rings (SSSR count). The number of ether oxygens (including phenoxy) is 1. The molecule has 0 aromatic heterocycles. The molecule has 1 amide bonds. The van der Waals surface area contributed by atoms with Crippen LogP contribution in [0.25, 0.3) is 0 Å². The molecule has 142 valence electrons. The van der Waals surface area contributed by atoms with Gasteiger partial charge in [-0.1, -0.05) is 30.3 Å². The molecule has 2 aliphatic carbocycles. The van der Waals surface area contributed by atoms with Crippen LogP contribution < -0.4 is 0 Å². The summed E-state index contributed by atoms with van der Waals surface area (Å²) >= 11 is 0. The van der Waals surface area contributed by atoms with E-state index in [4.69, 9.17) is 4.74 Å². The summed E-state index contributed by atoms with van der Waals surface area (Å²) < 4.78 is 19.8. The lowest BCUT2D eigenvalue weighted by atomic mass is 9.57. The first-order valence-electron chi connectivity index (χ1n) is 9.38. The Hall–Kier alpha value is -1.40. The van der Waals surface area contributed by atoms with Crippen LogP contribution in [0.4, 0.5) is 4.79 Å². The van der Waals surface area contributed by atoms with E-state index in [1.165, 1.54) is 25.5 Å². The number of methoxy groups -OCH3 is 1. The molecule has 1 atom stereocenters. The van der Waals surface area contributed by atoms with Crippen molar-refractivity contribution in [2.75, 3.05) is 27.2 Å². The maximum atomic E-state index is 12.8. The Kier molecular flexibility index (Phi) is 4.39. The van der Waals surface area contributed by atoms with Crippen LogP contribution in [0.3, 0.4) is 0 Å². The minimum Gasteiger partial charge on any atom is -0.453 e. The molecule has 1 heterocycles. The average Bonchev–Trinajstić information content (AvgIpc) is 2.55. The van der Waals surface area contributed by atoms with Gasteiger partial charge in [-0.25, -0.2) is 13.3 Å². The molecule has 0 N–H and O–H groups in total. The number of amides is 1. The number of rotatable bonds is 4. The Balaban J connectivity index is 1.25. The van der Waals surface area contributed by atoms with Crippen LogP contribution in [0.2, 0.25) is 0 Å². The summed E-state index contributed by atoms with van der Waals surface area (Å²) in [6.45, 7) is 3.97. The minimum atomic E-state index is -0.930. The number of hydrogen-bond acceptors (Lipinski definition) is 3. The first-order valence-corrected chi connectivity index (χ1v) is 10.6. The zero-order valence-corrected chi connectivity index (χ0v) is 16.6. The second-order valence-corrected chi connectivity index (χ2v) is 10.4. The van der Waals surface area contributed by atoms with Crippen molar-refractivity contribution in [2.24, 2.45) is 5.41 Å². The second-order valence-electron chi connectivity index (χ2n) is 8.65. The predicted octanol–water partition coefficient (Wildman–Crippen LogP) is 3.15. The molecule has 0 bridgehead atoms. The Labute approximate surface area is 158 Å². The Morgan fingerprint density at radius 2 is 1.81 bits per heavy atom. The second kappa shape index (κ2) is 6.34. The molecule has 0 radical (unpaired) electrons. The molecule has 3 aliphatic rings. The minimum absolute atomic E-state index is 0.162. The first-order chi connectivity index (χ1) is 12.4. The third kappa shape index (κ3) is 2.87. The Bertz CT molecular complexity index is 703. The zero-order valence-electron chi connectivity index (χ0n) is 15.8. The van der Waals surface area contributed by atoms with Gasteiger partial charge in [0.2, 0.25) is 0 Å². The van der Waals surface area contributed by atoms with Gasteiger partial charge in [0.05, 0.1) is 23.3 Å². The van der Waals surface area contributed by atoms with E-state index < -0.39 is 11.0 Å².